The molecule has 0 spiro atoms. The first-order valence-electron chi connectivity index (χ1n) is 5.64. The molecule has 3 rings (SSSR count). The number of benzene rings is 1. The molecule has 5 heteroatoms. The van der Waals surface area contributed by atoms with E-state index in [0.29, 0.717) is 16.8 Å². The standard InChI is InChI=1S/C12H12N2O3/c15-12(16)8-4-3-5-9-10(8)11(13-17-9)14-6-1-2-7-14/h3-5H,1-2,6-7H2,(H,15,16). The summed E-state index contributed by atoms with van der Waals surface area (Å²) in [5, 5.41) is 13.8. The van der Waals surface area contributed by atoms with Crippen LogP contribution in [-0.2, 0) is 0 Å². The van der Waals surface area contributed by atoms with E-state index in [1.165, 1.54) is 0 Å². The average molecular weight is 232 g/mol. The van der Waals surface area contributed by atoms with Crippen LogP contribution < -0.4 is 4.90 Å². The number of fused-ring (bicyclic) bond motifs is 1. The third-order valence-electron chi connectivity index (χ3n) is 3.12. The van der Waals surface area contributed by atoms with Gasteiger partial charge in [-0.25, -0.2) is 4.79 Å². The molecular formula is C12H12N2O3. The van der Waals surface area contributed by atoms with Gasteiger partial charge >= 0.3 is 5.97 Å². The number of aromatic carboxylic acids is 1. The molecule has 1 aliphatic rings. The zero-order valence-electron chi connectivity index (χ0n) is 9.22. The number of hydrogen-bond acceptors (Lipinski definition) is 4. The molecule has 1 N–H and O–H groups in total. The summed E-state index contributed by atoms with van der Waals surface area (Å²) >= 11 is 0. The molecule has 0 unspecified atom stereocenters. The van der Waals surface area contributed by atoms with Crippen LogP contribution in [0.2, 0.25) is 0 Å². The molecule has 17 heavy (non-hydrogen) atoms. The first-order valence-corrected chi connectivity index (χ1v) is 5.64. The van der Waals surface area contributed by atoms with E-state index >= 15 is 0 Å². The van der Waals surface area contributed by atoms with E-state index in [2.05, 4.69) is 10.1 Å². The van der Waals surface area contributed by atoms with Crippen LogP contribution in [0.25, 0.3) is 11.0 Å². The van der Waals surface area contributed by atoms with Gasteiger partial charge in [0.15, 0.2) is 11.4 Å². The first-order chi connectivity index (χ1) is 8.27. The molecule has 88 valence electrons. The topological polar surface area (TPSA) is 66.6 Å². The quantitative estimate of drug-likeness (QED) is 0.859. The lowest BCUT2D eigenvalue weighted by atomic mass is 10.1. The van der Waals surface area contributed by atoms with Gasteiger partial charge in [-0.3, -0.25) is 0 Å². The predicted octanol–water partition coefficient (Wildman–Crippen LogP) is 2.13. The van der Waals surface area contributed by atoms with E-state index in [4.69, 9.17) is 4.52 Å². The molecular weight excluding hydrogens is 220 g/mol. The zero-order chi connectivity index (χ0) is 11.8. The highest BCUT2D eigenvalue weighted by atomic mass is 16.5. The number of aromatic nitrogens is 1. The Bertz CT molecular complexity index is 570. The fourth-order valence-electron chi connectivity index (χ4n) is 2.30. The number of hydrogen-bond donors (Lipinski definition) is 1. The Balaban J connectivity index is 2.21. The SMILES string of the molecule is O=C(O)c1cccc2onc(N3CCCC3)c12. The highest BCUT2D eigenvalue weighted by Gasteiger charge is 2.22. The number of rotatable bonds is 2. The maximum Gasteiger partial charge on any atom is 0.336 e. The van der Waals surface area contributed by atoms with Gasteiger partial charge in [-0.1, -0.05) is 11.2 Å². The van der Waals surface area contributed by atoms with E-state index in [-0.39, 0.29) is 5.56 Å². The lowest BCUT2D eigenvalue weighted by molar-refractivity contribution is 0.0699. The van der Waals surface area contributed by atoms with Crippen molar-refractivity contribution in [1.29, 1.82) is 0 Å². The minimum Gasteiger partial charge on any atom is -0.478 e. The number of carbonyl (C=O) groups is 1. The zero-order valence-corrected chi connectivity index (χ0v) is 9.22. The van der Waals surface area contributed by atoms with Crippen molar-refractivity contribution in [1.82, 2.24) is 5.16 Å². The molecule has 1 saturated heterocycles. The summed E-state index contributed by atoms with van der Waals surface area (Å²) < 4.78 is 5.20. The second-order valence-corrected chi connectivity index (χ2v) is 4.18. The molecule has 0 atom stereocenters. The molecule has 1 aromatic heterocycles. The van der Waals surface area contributed by atoms with Crippen molar-refractivity contribution in [3.8, 4) is 0 Å². The van der Waals surface area contributed by atoms with Crippen molar-refractivity contribution in [2.24, 2.45) is 0 Å². The van der Waals surface area contributed by atoms with E-state index in [1.54, 1.807) is 18.2 Å². The molecule has 0 saturated carbocycles. The monoisotopic (exact) mass is 232 g/mol. The van der Waals surface area contributed by atoms with E-state index in [0.717, 1.165) is 25.9 Å². The molecule has 5 nitrogen and oxygen atoms in total. The lowest BCUT2D eigenvalue weighted by Crippen LogP contribution is -2.18. The highest BCUT2D eigenvalue weighted by Crippen LogP contribution is 2.31. The first kappa shape index (κ1) is 10.1. The average Bonchev–Trinajstić information content (AvgIpc) is 2.96. The summed E-state index contributed by atoms with van der Waals surface area (Å²) in [6.45, 7) is 1.82. The smallest absolute Gasteiger partial charge is 0.336 e. The largest absolute Gasteiger partial charge is 0.478 e. The predicted molar refractivity (Wildman–Crippen MR) is 62.4 cm³/mol. The summed E-state index contributed by atoms with van der Waals surface area (Å²) in [6, 6.07) is 5.00. The van der Waals surface area contributed by atoms with Crippen molar-refractivity contribution in [2.45, 2.75) is 12.8 Å². The molecule has 0 aliphatic carbocycles. The number of anilines is 1. The van der Waals surface area contributed by atoms with Crippen molar-refractivity contribution >= 4 is 22.8 Å². The molecule has 1 aliphatic heterocycles. The van der Waals surface area contributed by atoms with Crippen LogP contribution in [0.4, 0.5) is 5.82 Å². The Morgan fingerprint density at radius 3 is 2.82 bits per heavy atom. The van der Waals surface area contributed by atoms with Crippen LogP contribution in [0.3, 0.4) is 0 Å². The molecule has 0 amide bonds. The van der Waals surface area contributed by atoms with E-state index in [9.17, 15) is 9.90 Å². The van der Waals surface area contributed by atoms with Crippen LogP contribution >= 0.6 is 0 Å². The summed E-state index contributed by atoms with van der Waals surface area (Å²) in [7, 11) is 0. The molecule has 0 radical (unpaired) electrons. The van der Waals surface area contributed by atoms with Crippen molar-refractivity contribution in [3.63, 3.8) is 0 Å². The van der Waals surface area contributed by atoms with Gasteiger partial charge in [-0.05, 0) is 25.0 Å². The van der Waals surface area contributed by atoms with Crippen molar-refractivity contribution < 1.29 is 14.4 Å². The molecule has 2 heterocycles. The number of carboxylic acid groups (broad SMARTS) is 1. The minimum absolute atomic E-state index is 0.255. The van der Waals surface area contributed by atoms with Gasteiger partial charge < -0.3 is 14.5 Å². The fraction of sp³-hybridized carbons (Fsp3) is 0.333. The van der Waals surface area contributed by atoms with Gasteiger partial charge in [-0.2, -0.15) is 0 Å². The van der Waals surface area contributed by atoms with Crippen LogP contribution in [0.5, 0.6) is 0 Å². The molecule has 2 aromatic rings. The second kappa shape index (κ2) is 3.76. The second-order valence-electron chi connectivity index (χ2n) is 4.18. The summed E-state index contributed by atoms with van der Waals surface area (Å²) in [5.74, 6) is -0.283. The van der Waals surface area contributed by atoms with Crippen molar-refractivity contribution in [3.05, 3.63) is 23.8 Å². The van der Waals surface area contributed by atoms with Gasteiger partial charge in [0.1, 0.15) is 0 Å². The highest BCUT2D eigenvalue weighted by molar-refractivity contribution is 6.06. The summed E-state index contributed by atoms with van der Waals surface area (Å²) in [5.41, 5.74) is 0.789. The summed E-state index contributed by atoms with van der Waals surface area (Å²) in [4.78, 5) is 13.3. The van der Waals surface area contributed by atoms with Gasteiger partial charge in [0.2, 0.25) is 0 Å². The number of nitrogens with zero attached hydrogens (tertiary/aromatic N) is 2. The van der Waals surface area contributed by atoms with Crippen LogP contribution in [0.15, 0.2) is 22.7 Å². The fourth-order valence-corrected chi connectivity index (χ4v) is 2.30. The van der Waals surface area contributed by atoms with Gasteiger partial charge in [0.25, 0.3) is 0 Å². The van der Waals surface area contributed by atoms with E-state index < -0.39 is 5.97 Å². The third kappa shape index (κ3) is 1.54. The maximum absolute atomic E-state index is 11.2. The Morgan fingerprint density at radius 1 is 1.35 bits per heavy atom. The Morgan fingerprint density at radius 2 is 2.12 bits per heavy atom. The normalized spacial score (nSPS) is 15.6. The van der Waals surface area contributed by atoms with Gasteiger partial charge in [-0.15, -0.1) is 0 Å². The van der Waals surface area contributed by atoms with Crippen LogP contribution in [0.1, 0.15) is 23.2 Å². The molecule has 0 bridgehead atoms. The Kier molecular flexibility index (Phi) is 2.24. The van der Waals surface area contributed by atoms with Crippen LogP contribution in [0, 0.1) is 0 Å². The van der Waals surface area contributed by atoms with Crippen molar-refractivity contribution in [2.75, 3.05) is 18.0 Å². The lowest BCUT2D eigenvalue weighted by Gasteiger charge is -2.13. The third-order valence-corrected chi connectivity index (χ3v) is 3.12. The Labute approximate surface area is 97.6 Å². The molecule has 1 aromatic carbocycles. The van der Waals surface area contributed by atoms with Crippen LogP contribution in [-0.4, -0.2) is 29.3 Å². The minimum atomic E-state index is -0.945. The van der Waals surface area contributed by atoms with Gasteiger partial charge in [0, 0.05) is 13.1 Å². The van der Waals surface area contributed by atoms with Gasteiger partial charge in [0.05, 0.1) is 10.9 Å². The number of carboxylic acids is 1. The van der Waals surface area contributed by atoms with E-state index in [1.807, 2.05) is 0 Å². The maximum atomic E-state index is 11.2. The Hall–Kier alpha value is -2.04. The molecule has 1 fully saturated rings. The summed E-state index contributed by atoms with van der Waals surface area (Å²) in [6.07, 6.45) is 2.23.